The second-order valence-corrected chi connectivity index (χ2v) is 6.31. The molecular weight excluding hydrogens is 347 g/mol. The molecule has 0 aliphatic heterocycles. The van der Waals surface area contributed by atoms with E-state index in [1.54, 1.807) is 13.0 Å². The monoisotopic (exact) mass is 358 g/mol. The first-order valence-corrected chi connectivity index (χ1v) is 7.90. The van der Waals surface area contributed by atoms with Gasteiger partial charge in [-0.05, 0) is 32.0 Å². The summed E-state index contributed by atoms with van der Waals surface area (Å²) in [6, 6.07) is 4.46. The molecule has 0 unspecified atom stereocenters. The molecule has 0 spiro atoms. The van der Waals surface area contributed by atoms with Crippen LogP contribution in [0.25, 0.3) is 0 Å². The number of aryl methyl sites for hydroxylation is 1. The first-order valence-electron chi connectivity index (χ1n) is 6.32. The van der Waals surface area contributed by atoms with Crippen molar-refractivity contribution < 1.29 is 14.3 Å². The van der Waals surface area contributed by atoms with Gasteiger partial charge in [0.05, 0.1) is 12.2 Å². The number of aromatic nitrogens is 1. The average molecular weight is 359 g/mol. The van der Waals surface area contributed by atoms with Crippen molar-refractivity contribution in [3.8, 4) is 0 Å². The second-order valence-electron chi connectivity index (χ2n) is 4.28. The Morgan fingerprint density at radius 1 is 1.27 bits per heavy atom. The highest BCUT2D eigenvalue weighted by Crippen LogP contribution is 2.29. The van der Waals surface area contributed by atoms with E-state index in [-0.39, 0.29) is 22.5 Å². The number of ether oxygens (including phenoxy) is 1. The lowest BCUT2D eigenvalue weighted by Crippen LogP contribution is -2.14. The van der Waals surface area contributed by atoms with Gasteiger partial charge in [-0.3, -0.25) is 4.79 Å². The van der Waals surface area contributed by atoms with Crippen molar-refractivity contribution in [1.29, 1.82) is 0 Å². The van der Waals surface area contributed by atoms with Crippen LogP contribution < -0.4 is 5.32 Å². The van der Waals surface area contributed by atoms with E-state index in [0.717, 1.165) is 4.88 Å². The summed E-state index contributed by atoms with van der Waals surface area (Å²) in [4.78, 5) is 28.8. The quantitative estimate of drug-likeness (QED) is 0.657. The van der Waals surface area contributed by atoms with Crippen molar-refractivity contribution in [1.82, 2.24) is 4.98 Å². The Kier molecular flexibility index (Phi) is 5.39. The van der Waals surface area contributed by atoms with Gasteiger partial charge in [0.1, 0.15) is 15.3 Å². The number of carbonyl (C=O) groups is 2. The summed E-state index contributed by atoms with van der Waals surface area (Å²) in [5.74, 6) is -0.911. The van der Waals surface area contributed by atoms with Crippen LogP contribution in [0.2, 0.25) is 10.3 Å². The van der Waals surface area contributed by atoms with E-state index in [0.29, 0.717) is 10.6 Å². The minimum Gasteiger partial charge on any atom is -0.462 e. The molecule has 0 aliphatic rings. The highest BCUT2D eigenvalue weighted by Gasteiger charge is 2.19. The SMILES string of the molecule is CCOC(=O)c1cc(C)sc1NC(=O)c1cc(Cl)nc(Cl)c1. The molecule has 2 heterocycles. The third-order valence-corrected chi connectivity index (χ3v) is 3.96. The molecule has 0 atom stereocenters. The summed E-state index contributed by atoms with van der Waals surface area (Å²) in [5.41, 5.74) is 0.579. The lowest BCUT2D eigenvalue weighted by molar-refractivity contribution is 0.0528. The molecule has 0 bridgehead atoms. The molecule has 0 fully saturated rings. The first-order chi connectivity index (χ1) is 10.4. The molecule has 0 radical (unpaired) electrons. The van der Waals surface area contributed by atoms with Crippen molar-refractivity contribution in [3.05, 3.63) is 44.5 Å². The van der Waals surface area contributed by atoms with Crippen molar-refractivity contribution in [2.24, 2.45) is 0 Å². The van der Waals surface area contributed by atoms with Crippen molar-refractivity contribution in [2.45, 2.75) is 13.8 Å². The van der Waals surface area contributed by atoms with Crippen LogP contribution in [0.3, 0.4) is 0 Å². The molecule has 0 aromatic carbocycles. The van der Waals surface area contributed by atoms with Gasteiger partial charge in [0, 0.05) is 10.4 Å². The molecule has 2 aromatic heterocycles. The third-order valence-electron chi connectivity index (χ3n) is 2.60. The Balaban J connectivity index is 2.26. The molecule has 2 rings (SSSR count). The number of hydrogen-bond donors (Lipinski definition) is 1. The number of rotatable bonds is 4. The van der Waals surface area contributed by atoms with E-state index in [2.05, 4.69) is 10.3 Å². The third kappa shape index (κ3) is 3.97. The van der Waals surface area contributed by atoms with Gasteiger partial charge in [-0.1, -0.05) is 23.2 Å². The maximum absolute atomic E-state index is 12.3. The van der Waals surface area contributed by atoms with E-state index in [1.165, 1.54) is 23.5 Å². The zero-order valence-electron chi connectivity index (χ0n) is 11.8. The molecular formula is C14H12Cl2N2O3S. The van der Waals surface area contributed by atoms with Crippen molar-refractivity contribution in [2.75, 3.05) is 11.9 Å². The summed E-state index contributed by atoms with van der Waals surface area (Å²) < 4.78 is 4.97. The minimum atomic E-state index is -0.479. The van der Waals surface area contributed by atoms with Crippen LogP contribution in [0.1, 0.15) is 32.5 Å². The van der Waals surface area contributed by atoms with Gasteiger partial charge in [0.15, 0.2) is 0 Å². The van der Waals surface area contributed by atoms with E-state index < -0.39 is 11.9 Å². The molecule has 0 saturated carbocycles. The maximum Gasteiger partial charge on any atom is 0.341 e. The van der Waals surface area contributed by atoms with Gasteiger partial charge in [-0.25, -0.2) is 9.78 Å². The lowest BCUT2D eigenvalue weighted by atomic mass is 10.2. The van der Waals surface area contributed by atoms with Gasteiger partial charge in [-0.15, -0.1) is 11.3 Å². The number of esters is 1. The van der Waals surface area contributed by atoms with E-state index >= 15 is 0 Å². The Morgan fingerprint density at radius 2 is 1.91 bits per heavy atom. The molecule has 5 nitrogen and oxygen atoms in total. The smallest absolute Gasteiger partial charge is 0.341 e. The largest absolute Gasteiger partial charge is 0.462 e. The van der Waals surface area contributed by atoms with Crippen LogP contribution in [-0.2, 0) is 4.74 Å². The van der Waals surface area contributed by atoms with Gasteiger partial charge >= 0.3 is 5.97 Å². The number of pyridine rings is 1. The predicted molar refractivity (Wildman–Crippen MR) is 87.2 cm³/mol. The number of halogens is 2. The van der Waals surface area contributed by atoms with Crippen LogP contribution in [0, 0.1) is 6.92 Å². The van der Waals surface area contributed by atoms with Crippen LogP contribution in [0.4, 0.5) is 5.00 Å². The number of thiophene rings is 1. The molecule has 2 aromatic rings. The fraction of sp³-hybridized carbons (Fsp3) is 0.214. The van der Waals surface area contributed by atoms with Crippen molar-refractivity contribution in [3.63, 3.8) is 0 Å². The number of amides is 1. The number of nitrogens with zero attached hydrogens (tertiary/aromatic N) is 1. The molecule has 0 aliphatic carbocycles. The molecule has 116 valence electrons. The maximum atomic E-state index is 12.3. The highest BCUT2D eigenvalue weighted by molar-refractivity contribution is 7.16. The summed E-state index contributed by atoms with van der Waals surface area (Å²) >= 11 is 12.8. The Hall–Kier alpha value is -1.63. The van der Waals surface area contributed by atoms with Gasteiger partial charge in [-0.2, -0.15) is 0 Å². The van der Waals surface area contributed by atoms with Crippen molar-refractivity contribution >= 4 is 51.4 Å². The molecule has 0 saturated heterocycles. The van der Waals surface area contributed by atoms with E-state index in [4.69, 9.17) is 27.9 Å². The fourth-order valence-electron chi connectivity index (χ4n) is 1.74. The van der Waals surface area contributed by atoms with Gasteiger partial charge in [0.25, 0.3) is 5.91 Å². The summed E-state index contributed by atoms with van der Waals surface area (Å²) in [6.07, 6.45) is 0. The minimum absolute atomic E-state index is 0.116. The number of hydrogen-bond acceptors (Lipinski definition) is 5. The Labute approximate surface area is 141 Å². The Morgan fingerprint density at radius 3 is 2.50 bits per heavy atom. The van der Waals surface area contributed by atoms with Crippen LogP contribution in [0.5, 0.6) is 0 Å². The standard InChI is InChI=1S/C14H12Cl2N2O3S/c1-3-21-14(20)9-4-7(2)22-13(9)18-12(19)8-5-10(15)17-11(16)6-8/h4-6H,3H2,1-2H3,(H,18,19). The topological polar surface area (TPSA) is 68.3 Å². The first kappa shape index (κ1) is 16.7. The zero-order valence-corrected chi connectivity index (χ0v) is 14.1. The number of carbonyl (C=O) groups excluding carboxylic acids is 2. The predicted octanol–water partition coefficient (Wildman–Crippen LogP) is 4.19. The number of nitrogens with one attached hydrogen (secondary N) is 1. The van der Waals surface area contributed by atoms with Gasteiger partial charge in [0.2, 0.25) is 0 Å². The fourth-order valence-corrected chi connectivity index (χ4v) is 3.09. The molecule has 8 heteroatoms. The summed E-state index contributed by atoms with van der Waals surface area (Å²) in [5, 5.41) is 3.33. The number of anilines is 1. The lowest BCUT2D eigenvalue weighted by Gasteiger charge is -2.06. The van der Waals surface area contributed by atoms with E-state index in [9.17, 15) is 9.59 Å². The van der Waals surface area contributed by atoms with Crippen LogP contribution >= 0.6 is 34.5 Å². The second kappa shape index (κ2) is 7.09. The van der Waals surface area contributed by atoms with Crippen LogP contribution in [-0.4, -0.2) is 23.5 Å². The normalized spacial score (nSPS) is 10.4. The average Bonchev–Trinajstić information content (AvgIpc) is 2.78. The van der Waals surface area contributed by atoms with Crippen LogP contribution in [0.15, 0.2) is 18.2 Å². The molecule has 1 N–H and O–H groups in total. The van der Waals surface area contributed by atoms with Gasteiger partial charge < -0.3 is 10.1 Å². The summed E-state index contributed by atoms with van der Waals surface area (Å²) in [6.45, 7) is 3.82. The Bertz CT molecular complexity index is 711. The highest BCUT2D eigenvalue weighted by atomic mass is 35.5. The molecule has 22 heavy (non-hydrogen) atoms. The van der Waals surface area contributed by atoms with E-state index in [1.807, 2.05) is 6.92 Å². The summed E-state index contributed by atoms with van der Waals surface area (Å²) in [7, 11) is 0. The molecule has 1 amide bonds. The zero-order chi connectivity index (χ0) is 16.3.